The van der Waals surface area contributed by atoms with Gasteiger partial charge in [-0.25, -0.2) is 0 Å². The lowest BCUT2D eigenvalue weighted by molar-refractivity contribution is -0.384. The third-order valence-corrected chi connectivity index (χ3v) is 5.80. The predicted octanol–water partition coefficient (Wildman–Crippen LogP) is 2.94. The predicted molar refractivity (Wildman–Crippen MR) is 112 cm³/mol. The van der Waals surface area contributed by atoms with Gasteiger partial charge in [-0.1, -0.05) is 12.1 Å². The molecular formula is C22H23N3O6. The Morgan fingerprint density at radius 3 is 2.68 bits per heavy atom. The Kier molecular flexibility index (Phi) is 5.50. The van der Waals surface area contributed by atoms with E-state index in [1.165, 1.54) is 12.1 Å². The summed E-state index contributed by atoms with van der Waals surface area (Å²) in [5.74, 6) is 0.424. The zero-order chi connectivity index (χ0) is 22.1. The molecule has 0 unspecified atom stereocenters. The zero-order valence-electron chi connectivity index (χ0n) is 17.3. The maximum absolute atomic E-state index is 13.1. The number of hydrogen-bond acceptors (Lipinski definition) is 6. The van der Waals surface area contributed by atoms with E-state index >= 15 is 0 Å². The number of nitro groups is 1. The molecule has 4 rings (SSSR count). The Hall–Kier alpha value is -3.62. The highest BCUT2D eigenvalue weighted by Gasteiger charge is 2.38. The highest BCUT2D eigenvalue weighted by Crippen LogP contribution is 2.36. The van der Waals surface area contributed by atoms with Gasteiger partial charge in [0.15, 0.2) is 11.5 Å². The maximum Gasteiger partial charge on any atom is 0.269 e. The third-order valence-electron chi connectivity index (χ3n) is 5.80. The van der Waals surface area contributed by atoms with Gasteiger partial charge in [-0.05, 0) is 24.6 Å². The van der Waals surface area contributed by atoms with Crippen LogP contribution in [0.4, 0.5) is 11.4 Å². The maximum atomic E-state index is 13.1. The smallest absolute Gasteiger partial charge is 0.269 e. The van der Waals surface area contributed by atoms with Gasteiger partial charge in [0.05, 0.1) is 16.9 Å². The molecule has 9 heteroatoms. The normalized spacial score (nSPS) is 18.6. The van der Waals surface area contributed by atoms with Crippen LogP contribution in [0.5, 0.6) is 11.5 Å². The molecule has 2 aliphatic rings. The van der Waals surface area contributed by atoms with Crippen LogP contribution in [0.3, 0.4) is 0 Å². The number of carbonyl (C=O) groups is 2. The van der Waals surface area contributed by atoms with E-state index in [1.807, 2.05) is 6.92 Å². The summed E-state index contributed by atoms with van der Waals surface area (Å²) in [7, 11) is 1.66. The highest BCUT2D eigenvalue weighted by atomic mass is 16.6. The molecule has 1 saturated heterocycles. The van der Waals surface area contributed by atoms with Gasteiger partial charge in [-0.3, -0.25) is 19.7 Å². The quantitative estimate of drug-likeness (QED) is 0.539. The molecule has 31 heavy (non-hydrogen) atoms. The fraction of sp³-hybridized carbons (Fsp3) is 0.364. The summed E-state index contributed by atoms with van der Waals surface area (Å²) in [4.78, 5) is 39.5. The zero-order valence-corrected chi connectivity index (χ0v) is 17.3. The third kappa shape index (κ3) is 4.03. The molecule has 2 aliphatic heterocycles. The SMILES string of the molecule is C[C@@H](c1cccc([N+](=O)[O-])c1)N(C)C(=O)[C@H]1CC(=O)N(c2ccc3c(c2)OCCO3)C1. The summed E-state index contributed by atoms with van der Waals surface area (Å²) in [5.41, 5.74) is 1.31. The average molecular weight is 425 g/mol. The molecule has 1 fully saturated rings. The lowest BCUT2D eigenvalue weighted by atomic mass is 10.0. The summed E-state index contributed by atoms with van der Waals surface area (Å²) in [5, 5.41) is 11.1. The first-order valence-corrected chi connectivity index (χ1v) is 10.1. The topological polar surface area (TPSA) is 102 Å². The standard InChI is InChI=1S/C22H23N3O6/c1-14(15-4-3-5-18(10-15)25(28)29)23(2)22(27)16-11-21(26)24(13-16)17-6-7-19-20(12-17)31-9-8-30-19/h3-7,10,12,14,16H,8-9,11,13H2,1-2H3/t14-,16-/m0/s1. The van der Waals surface area contributed by atoms with Crippen LogP contribution in [0, 0.1) is 16.0 Å². The Morgan fingerprint density at radius 1 is 1.19 bits per heavy atom. The van der Waals surface area contributed by atoms with Crippen molar-refractivity contribution >= 4 is 23.2 Å². The van der Waals surface area contributed by atoms with E-state index in [0.29, 0.717) is 36.0 Å². The minimum absolute atomic E-state index is 0.0222. The van der Waals surface area contributed by atoms with Crippen molar-refractivity contribution in [2.45, 2.75) is 19.4 Å². The number of hydrogen-bond donors (Lipinski definition) is 0. The summed E-state index contributed by atoms with van der Waals surface area (Å²) < 4.78 is 11.1. The van der Waals surface area contributed by atoms with Crippen LogP contribution in [0.2, 0.25) is 0 Å². The van der Waals surface area contributed by atoms with Crippen LogP contribution in [-0.4, -0.2) is 48.4 Å². The number of nitro benzene ring substituents is 1. The number of fused-ring (bicyclic) bond motifs is 1. The highest BCUT2D eigenvalue weighted by molar-refractivity contribution is 6.00. The summed E-state index contributed by atoms with van der Waals surface area (Å²) in [6.07, 6.45) is 0.110. The number of amides is 2. The molecule has 0 saturated carbocycles. The van der Waals surface area contributed by atoms with E-state index in [2.05, 4.69) is 0 Å². The number of benzene rings is 2. The van der Waals surface area contributed by atoms with Gasteiger partial charge in [0, 0.05) is 43.9 Å². The van der Waals surface area contributed by atoms with E-state index in [0.717, 1.165) is 0 Å². The van der Waals surface area contributed by atoms with Crippen LogP contribution in [-0.2, 0) is 9.59 Å². The number of rotatable bonds is 5. The van der Waals surface area contributed by atoms with Crippen LogP contribution < -0.4 is 14.4 Å². The molecule has 0 aromatic heterocycles. The van der Waals surface area contributed by atoms with Gasteiger partial charge in [0.2, 0.25) is 11.8 Å². The molecule has 9 nitrogen and oxygen atoms in total. The van der Waals surface area contributed by atoms with Crippen LogP contribution >= 0.6 is 0 Å². The van der Waals surface area contributed by atoms with Gasteiger partial charge in [-0.2, -0.15) is 0 Å². The number of ether oxygens (including phenoxy) is 2. The molecule has 0 radical (unpaired) electrons. The second kappa shape index (κ2) is 8.25. The van der Waals surface area contributed by atoms with E-state index in [1.54, 1.807) is 47.2 Å². The minimum Gasteiger partial charge on any atom is -0.486 e. The molecule has 0 N–H and O–H groups in total. The van der Waals surface area contributed by atoms with Gasteiger partial charge < -0.3 is 19.3 Å². The van der Waals surface area contributed by atoms with Gasteiger partial charge in [-0.15, -0.1) is 0 Å². The summed E-state index contributed by atoms with van der Waals surface area (Å²) in [6.45, 7) is 3.02. The van der Waals surface area contributed by atoms with Crippen LogP contribution in [0.25, 0.3) is 0 Å². The Labute approximate surface area is 179 Å². The van der Waals surface area contributed by atoms with Gasteiger partial charge >= 0.3 is 0 Å². The molecule has 2 amide bonds. The molecule has 0 aliphatic carbocycles. The molecule has 0 bridgehead atoms. The van der Waals surface area contributed by atoms with Crippen molar-refractivity contribution in [1.82, 2.24) is 4.90 Å². The largest absolute Gasteiger partial charge is 0.486 e. The average Bonchev–Trinajstić information content (AvgIpc) is 3.18. The lowest BCUT2D eigenvalue weighted by Crippen LogP contribution is -2.36. The molecule has 2 heterocycles. The van der Waals surface area contributed by atoms with Crippen LogP contribution in [0.15, 0.2) is 42.5 Å². The first-order chi connectivity index (χ1) is 14.8. The van der Waals surface area contributed by atoms with Crippen molar-refractivity contribution in [3.8, 4) is 11.5 Å². The van der Waals surface area contributed by atoms with E-state index in [4.69, 9.17) is 9.47 Å². The van der Waals surface area contributed by atoms with Crippen molar-refractivity contribution in [3.05, 3.63) is 58.1 Å². The fourth-order valence-corrected chi connectivity index (χ4v) is 3.92. The van der Waals surface area contributed by atoms with E-state index in [9.17, 15) is 19.7 Å². The monoisotopic (exact) mass is 425 g/mol. The Balaban J connectivity index is 1.47. The van der Waals surface area contributed by atoms with Gasteiger partial charge in [0.1, 0.15) is 13.2 Å². The van der Waals surface area contributed by atoms with Crippen molar-refractivity contribution < 1.29 is 24.0 Å². The molecule has 2 aromatic carbocycles. The van der Waals surface area contributed by atoms with Crippen molar-refractivity contribution in [3.63, 3.8) is 0 Å². The number of carbonyl (C=O) groups excluding carboxylic acids is 2. The molecule has 162 valence electrons. The molecule has 2 atom stereocenters. The van der Waals surface area contributed by atoms with E-state index in [-0.39, 0.29) is 36.5 Å². The van der Waals surface area contributed by atoms with E-state index < -0.39 is 10.8 Å². The second-order valence-corrected chi connectivity index (χ2v) is 7.71. The Bertz CT molecular complexity index is 1040. The minimum atomic E-state index is -0.494. The Morgan fingerprint density at radius 2 is 1.94 bits per heavy atom. The first kappa shape index (κ1) is 20.6. The molecule has 2 aromatic rings. The van der Waals surface area contributed by atoms with Gasteiger partial charge in [0.25, 0.3) is 5.69 Å². The van der Waals surface area contributed by atoms with Crippen LogP contribution in [0.1, 0.15) is 24.9 Å². The number of non-ortho nitro benzene ring substituents is 1. The second-order valence-electron chi connectivity index (χ2n) is 7.71. The summed E-state index contributed by atoms with van der Waals surface area (Å²) >= 11 is 0. The lowest BCUT2D eigenvalue weighted by Gasteiger charge is -2.28. The molecular weight excluding hydrogens is 402 g/mol. The molecule has 0 spiro atoms. The van der Waals surface area contributed by atoms with Crippen molar-refractivity contribution in [2.24, 2.45) is 5.92 Å². The number of anilines is 1. The van der Waals surface area contributed by atoms with Crippen molar-refractivity contribution in [1.29, 1.82) is 0 Å². The fourth-order valence-electron chi connectivity index (χ4n) is 3.92. The number of nitrogens with zero attached hydrogens (tertiary/aromatic N) is 3. The summed E-state index contributed by atoms with van der Waals surface area (Å²) in [6, 6.07) is 11.2. The van der Waals surface area contributed by atoms with Crippen molar-refractivity contribution in [2.75, 3.05) is 31.7 Å². The first-order valence-electron chi connectivity index (χ1n) is 10.1.